The SMILES string of the molecule is O=C(c1cccc(C2OCCO2)c1)c1cccs1. The lowest BCUT2D eigenvalue weighted by atomic mass is 10.1. The second-order valence-electron chi connectivity index (χ2n) is 4.01. The van der Waals surface area contributed by atoms with E-state index in [2.05, 4.69) is 0 Å². The van der Waals surface area contributed by atoms with Gasteiger partial charge in [-0.15, -0.1) is 11.3 Å². The van der Waals surface area contributed by atoms with Crippen molar-refractivity contribution in [3.05, 3.63) is 57.8 Å². The number of hydrogen-bond donors (Lipinski definition) is 0. The Kier molecular flexibility index (Phi) is 3.23. The Morgan fingerprint density at radius 2 is 2.00 bits per heavy atom. The Labute approximate surface area is 109 Å². The fourth-order valence-corrected chi connectivity index (χ4v) is 2.61. The molecule has 0 spiro atoms. The van der Waals surface area contributed by atoms with E-state index in [1.165, 1.54) is 11.3 Å². The minimum Gasteiger partial charge on any atom is -0.346 e. The normalized spacial score (nSPS) is 16.0. The van der Waals surface area contributed by atoms with Gasteiger partial charge >= 0.3 is 0 Å². The molecule has 1 saturated heterocycles. The van der Waals surface area contributed by atoms with Crippen LogP contribution < -0.4 is 0 Å². The summed E-state index contributed by atoms with van der Waals surface area (Å²) < 4.78 is 10.9. The summed E-state index contributed by atoms with van der Waals surface area (Å²) in [5.74, 6) is 0.0462. The third-order valence-electron chi connectivity index (χ3n) is 2.79. The van der Waals surface area contributed by atoms with E-state index < -0.39 is 0 Å². The molecule has 1 aliphatic rings. The van der Waals surface area contributed by atoms with Gasteiger partial charge in [-0.25, -0.2) is 0 Å². The van der Waals surface area contributed by atoms with E-state index in [4.69, 9.17) is 9.47 Å². The van der Waals surface area contributed by atoms with Gasteiger partial charge in [-0.2, -0.15) is 0 Å². The van der Waals surface area contributed by atoms with E-state index in [1.54, 1.807) is 0 Å². The van der Waals surface area contributed by atoms with Gasteiger partial charge in [0.1, 0.15) is 0 Å². The van der Waals surface area contributed by atoms with E-state index in [-0.39, 0.29) is 12.1 Å². The van der Waals surface area contributed by atoms with Crippen LogP contribution in [0.1, 0.15) is 27.1 Å². The van der Waals surface area contributed by atoms with E-state index in [1.807, 2.05) is 41.8 Å². The molecule has 0 radical (unpaired) electrons. The van der Waals surface area contributed by atoms with Gasteiger partial charge in [-0.3, -0.25) is 4.79 Å². The van der Waals surface area contributed by atoms with Gasteiger partial charge in [0.15, 0.2) is 6.29 Å². The summed E-state index contributed by atoms with van der Waals surface area (Å²) in [6.45, 7) is 1.21. The minimum absolute atomic E-state index is 0.0462. The van der Waals surface area contributed by atoms with Gasteiger partial charge in [0, 0.05) is 11.1 Å². The quantitative estimate of drug-likeness (QED) is 0.796. The van der Waals surface area contributed by atoms with Crippen LogP contribution in [0.5, 0.6) is 0 Å². The highest BCUT2D eigenvalue weighted by atomic mass is 32.1. The lowest BCUT2D eigenvalue weighted by Crippen LogP contribution is -2.03. The lowest BCUT2D eigenvalue weighted by Gasteiger charge is -2.10. The van der Waals surface area contributed by atoms with Crippen LogP contribution in [0.4, 0.5) is 0 Å². The van der Waals surface area contributed by atoms with E-state index in [0.717, 1.165) is 10.4 Å². The van der Waals surface area contributed by atoms with Crippen molar-refractivity contribution in [2.24, 2.45) is 0 Å². The second kappa shape index (κ2) is 5.02. The number of hydrogen-bond acceptors (Lipinski definition) is 4. The van der Waals surface area contributed by atoms with Gasteiger partial charge in [0.2, 0.25) is 5.78 Å². The molecule has 0 saturated carbocycles. The molecule has 18 heavy (non-hydrogen) atoms. The van der Waals surface area contributed by atoms with Crippen molar-refractivity contribution in [3.8, 4) is 0 Å². The largest absolute Gasteiger partial charge is 0.346 e. The van der Waals surface area contributed by atoms with Crippen molar-refractivity contribution < 1.29 is 14.3 Å². The molecule has 2 aromatic rings. The number of thiophene rings is 1. The molecule has 0 amide bonds. The number of benzene rings is 1. The fraction of sp³-hybridized carbons (Fsp3) is 0.214. The zero-order valence-corrected chi connectivity index (χ0v) is 10.5. The molecule has 2 heterocycles. The van der Waals surface area contributed by atoms with Gasteiger partial charge in [-0.05, 0) is 17.5 Å². The smallest absolute Gasteiger partial charge is 0.202 e. The van der Waals surface area contributed by atoms with Crippen LogP contribution >= 0.6 is 11.3 Å². The first-order valence-corrected chi connectivity index (χ1v) is 6.64. The minimum atomic E-state index is -0.332. The van der Waals surface area contributed by atoms with Crippen molar-refractivity contribution in [1.29, 1.82) is 0 Å². The number of ether oxygens (including phenoxy) is 2. The Bertz CT molecular complexity index is 542. The molecule has 0 N–H and O–H groups in total. The molecule has 1 fully saturated rings. The van der Waals surface area contributed by atoms with Crippen LogP contribution in [-0.4, -0.2) is 19.0 Å². The highest BCUT2D eigenvalue weighted by Gasteiger charge is 2.19. The summed E-state index contributed by atoms with van der Waals surface area (Å²) in [5.41, 5.74) is 1.57. The standard InChI is InChI=1S/C14H12O3S/c15-13(12-5-2-8-18-12)10-3-1-4-11(9-10)14-16-6-7-17-14/h1-5,8-9,14H,6-7H2. The van der Waals surface area contributed by atoms with E-state index >= 15 is 0 Å². The fourth-order valence-electron chi connectivity index (χ4n) is 1.93. The number of ketones is 1. The van der Waals surface area contributed by atoms with Crippen molar-refractivity contribution in [2.45, 2.75) is 6.29 Å². The van der Waals surface area contributed by atoms with E-state index in [0.29, 0.717) is 18.8 Å². The molecule has 1 aliphatic heterocycles. The van der Waals surface area contributed by atoms with Crippen LogP contribution in [0.25, 0.3) is 0 Å². The predicted molar refractivity (Wildman–Crippen MR) is 68.8 cm³/mol. The highest BCUT2D eigenvalue weighted by molar-refractivity contribution is 7.12. The van der Waals surface area contributed by atoms with Crippen molar-refractivity contribution in [3.63, 3.8) is 0 Å². The van der Waals surface area contributed by atoms with E-state index in [9.17, 15) is 4.79 Å². The van der Waals surface area contributed by atoms with Crippen molar-refractivity contribution >= 4 is 17.1 Å². The van der Waals surface area contributed by atoms with Crippen LogP contribution in [0.15, 0.2) is 41.8 Å². The second-order valence-corrected chi connectivity index (χ2v) is 4.95. The first-order valence-electron chi connectivity index (χ1n) is 5.76. The summed E-state index contributed by atoms with van der Waals surface area (Å²) in [6, 6.07) is 11.2. The Morgan fingerprint density at radius 3 is 2.72 bits per heavy atom. The van der Waals surface area contributed by atoms with Crippen LogP contribution in [-0.2, 0) is 9.47 Å². The summed E-state index contributed by atoms with van der Waals surface area (Å²) >= 11 is 1.45. The predicted octanol–water partition coefficient (Wildman–Crippen LogP) is 3.02. The Hall–Kier alpha value is -1.49. The number of rotatable bonds is 3. The maximum atomic E-state index is 12.2. The summed E-state index contributed by atoms with van der Waals surface area (Å²) in [5, 5.41) is 1.90. The van der Waals surface area contributed by atoms with Gasteiger partial charge in [0.25, 0.3) is 0 Å². The molecule has 1 aromatic heterocycles. The molecule has 92 valence electrons. The summed E-state index contributed by atoms with van der Waals surface area (Å²) in [7, 11) is 0. The molecular weight excluding hydrogens is 248 g/mol. The molecule has 1 aromatic carbocycles. The molecule has 0 bridgehead atoms. The average Bonchev–Trinajstić information content (AvgIpc) is 3.11. The van der Waals surface area contributed by atoms with Crippen LogP contribution in [0, 0.1) is 0 Å². The Balaban J connectivity index is 1.88. The summed E-state index contributed by atoms with van der Waals surface area (Å²) in [6.07, 6.45) is -0.332. The molecule has 0 atom stereocenters. The third-order valence-corrected chi connectivity index (χ3v) is 3.66. The zero-order valence-electron chi connectivity index (χ0n) is 9.67. The number of carbonyl (C=O) groups excluding carboxylic acids is 1. The van der Waals surface area contributed by atoms with Crippen molar-refractivity contribution in [1.82, 2.24) is 0 Å². The number of carbonyl (C=O) groups is 1. The first kappa shape index (κ1) is 11.6. The molecule has 4 heteroatoms. The Morgan fingerprint density at radius 1 is 1.17 bits per heavy atom. The third kappa shape index (κ3) is 2.22. The van der Waals surface area contributed by atoms with Crippen LogP contribution in [0.3, 0.4) is 0 Å². The maximum absolute atomic E-state index is 12.2. The maximum Gasteiger partial charge on any atom is 0.202 e. The monoisotopic (exact) mass is 260 g/mol. The zero-order chi connectivity index (χ0) is 12.4. The summed E-state index contributed by atoms with van der Waals surface area (Å²) in [4.78, 5) is 13.0. The van der Waals surface area contributed by atoms with Gasteiger partial charge < -0.3 is 9.47 Å². The highest BCUT2D eigenvalue weighted by Crippen LogP contribution is 2.25. The average molecular weight is 260 g/mol. The van der Waals surface area contributed by atoms with Crippen LogP contribution in [0.2, 0.25) is 0 Å². The molecule has 0 aliphatic carbocycles. The van der Waals surface area contributed by atoms with Gasteiger partial charge in [-0.1, -0.05) is 24.3 Å². The topological polar surface area (TPSA) is 35.5 Å². The van der Waals surface area contributed by atoms with Gasteiger partial charge in [0.05, 0.1) is 18.1 Å². The molecule has 3 rings (SSSR count). The molecular formula is C14H12O3S. The molecule has 3 nitrogen and oxygen atoms in total. The molecule has 0 unspecified atom stereocenters. The lowest BCUT2D eigenvalue weighted by molar-refractivity contribution is -0.0441. The van der Waals surface area contributed by atoms with Crippen molar-refractivity contribution in [2.75, 3.05) is 13.2 Å². The first-order chi connectivity index (χ1) is 8.84.